The van der Waals surface area contributed by atoms with E-state index in [4.69, 9.17) is 4.42 Å². The number of thiazole rings is 1. The minimum atomic E-state index is -0.280. The molecule has 3 rings (SSSR count). The number of aliphatic hydroxyl groups excluding tert-OH is 1. The summed E-state index contributed by atoms with van der Waals surface area (Å²) in [6, 6.07) is 5.35. The van der Waals surface area contributed by atoms with E-state index >= 15 is 0 Å². The number of aromatic nitrogens is 2. The molecule has 0 unspecified atom stereocenters. The molecule has 3 aromatic rings. The summed E-state index contributed by atoms with van der Waals surface area (Å²) in [5.74, 6) is 1.16. The standard InChI is InChI=1S/C16H15N3O3S/c1-9-3-4-13(22-9)16-18-10(2)14(23-16)15(21)19-12-7-17-6-5-11(12)8-20/h3-7,20H,8H2,1-2H3,(H,19,21). The van der Waals surface area contributed by atoms with Gasteiger partial charge in [0.15, 0.2) is 10.8 Å². The van der Waals surface area contributed by atoms with Gasteiger partial charge in [-0.15, -0.1) is 11.3 Å². The Balaban J connectivity index is 1.87. The SMILES string of the molecule is Cc1ccc(-c2nc(C)c(C(=O)Nc3cnccc3CO)s2)o1. The van der Waals surface area contributed by atoms with E-state index in [1.54, 1.807) is 19.2 Å². The molecule has 0 aliphatic carbocycles. The third-order valence-corrected chi connectivity index (χ3v) is 4.45. The molecule has 0 aliphatic heterocycles. The van der Waals surface area contributed by atoms with Crippen LogP contribution in [-0.2, 0) is 6.61 Å². The zero-order valence-corrected chi connectivity index (χ0v) is 13.5. The van der Waals surface area contributed by atoms with Crippen LogP contribution in [0.3, 0.4) is 0 Å². The number of pyridine rings is 1. The highest BCUT2D eigenvalue weighted by Gasteiger charge is 2.18. The van der Waals surface area contributed by atoms with Gasteiger partial charge in [0, 0.05) is 11.8 Å². The summed E-state index contributed by atoms with van der Waals surface area (Å²) < 4.78 is 5.55. The molecule has 2 N–H and O–H groups in total. The molecule has 23 heavy (non-hydrogen) atoms. The quantitative estimate of drug-likeness (QED) is 0.767. The normalized spacial score (nSPS) is 10.7. The molecule has 0 bridgehead atoms. The largest absolute Gasteiger partial charge is 0.459 e. The maximum Gasteiger partial charge on any atom is 0.267 e. The Hall–Kier alpha value is -2.51. The molecule has 3 heterocycles. The highest BCUT2D eigenvalue weighted by molar-refractivity contribution is 7.17. The van der Waals surface area contributed by atoms with Crippen LogP contribution in [0.1, 0.15) is 26.7 Å². The van der Waals surface area contributed by atoms with Crippen molar-refractivity contribution >= 4 is 22.9 Å². The number of carbonyl (C=O) groups excluding carboxylic acids is 1. The summed E-state index contributed by atoms with van der Waals surface area (Å²) in [5, 5.41) is 12.7. The third kappa shape index (κ3) is 3.15. The number of anilines is 1. The van der Waals surface area contributed by atoms with Crippen molar-refractivity contribution in [1.82, 2.24) is 9.97 Å². The van der Waals surface area contributed by atoms with Gasteiger partial charge in [-0.2, -0.15) is 0 Å². The predicted molar refractivity (Wildman–Crippen MR) is 87.4 cm³/mol. The van der Waals surface area contributed by atoms with Crippen molar-refractivity contribution in [1.29, 1.82) is 0 Å². The van der Waals surface area contributed by atoms with Crippen LogP contribution in [0.25, 0.3) is 10.8 Å². The minimum absolute atomic E-state index is 0.170. The smallest absolute Gasteiger partial charge is 0.267 e. The first-order chi connectivity index (χ1) is 11.1. The van der Waals surface area contributed by atoms with Crippen LogP contribution in [0.4, 0.5) is 5.69 Å². The molecule has 1 amide bonds. The first-order valence-corrected chi connectivity index (χ1v) is 7.79. The lowest BCUT2D eigenvalue weighted by Gasteiger charge is -2.07. The Morgan fingerprint density at radius 2 is 2.17 bits per heavy atom. The van der Waals surface area contributed by atoms with Crippen LogP contribution in [-0.4, -0.2) is 21.0 Å². The second kappa shape index (κ2) is 6.31. The maximum atomic E-state index is 12.5. The van der Waals surface area contributed by atoms with Gasteiger partial charge in [-0.3, -0.25) is 9.78 Å². The summed E-state index contributed by atoms with van der Waals surface area (Å²) >= 11 is 1.27. The van der Waals surface area contributed by atoms with E-state index < -0.39 is 0 Å². The summed E-state index contributed by atoms with van der Waals surface area (Å²) in [6.45, 7) is 3.47. The van der Waals surface area contributed by atoms with Crippen LogP contribution in [0.5, 0.6) is 0 Å². The highest BCUT2D eigenvalue weighted by atomic mass is 32.1. The average molecular weight is 329 g/mol. The number of rotatable bonds is 4. The fourth-order valence-corrected chi connectivity index (χ4v) is 3.04. The van der Waals surface area contributed by atoms with Crippen LogP contribution < -0.4 is 5.32 Å². The first kappa shape index (κ1) is 15.4. The monoisotopic (exact) mass is 329 g/mol. The van der Waals surface area contributed by atoms with Crippen molar-refractivity contribution < 1.29 is 14.3 Å². The third-order valence-electron chi connectivity index (χ3n) is 3.28. The van der Waals surface area contributed by atoms with Gasteiger partial charge in [-0.05, 0) is 32.0 Å². The summed E-state index contributed by atoms with van der Waals surface area (Å²) in [4.78, 5) is 21.3. The van der Waals surface area contributed by atoms with Crippen molar-refractivity contribution in [2.24, 2.45) is 0 Å². The van der Waals surface area contributed by atoms with Crippen LogP contribution in [0, 0.1) is 13.8 Å². The zero-order chi connectivity index (χ0) is 16.4. The Morgan fingerprint density at radius 3 is 2.87 bits per heavy atom. The Bertz CT molecular complexity index is 854. The molecular weight excluding hydrogens is 314 g/mol. The number of amides is 1. The Morgan fingerprint density at radius 1 is 1.35 bits per heavy atom. The predicted octanol–water partition coefficient (Wildman–Crippen LogP) is 3.16. The maximum absolute atomic E-state index is 12.5. The average Bonchev–Trinajstić information content (AvgIpc) is 3.13. The lowest BCUT2D eigenvalue weighted by atomic mass is 10.2. The molecule has 0 radical (unpaired) electrons. The van der Waals surface area contributed by atoms with Crippen molar-refractivity contribution in [3.05, 3.63) is 52.5 Å². The number of hydrogen-bond acceptors (Lipinski definition) is 6. The molecule has 0 fully saturated rings. The lowest BCUT2D eigenvalue weighted by molar-refractivity contribution is 0.102. The molecule has 0 aliphatic rings. The van der Waals surface area contributed by atoms with E-state index in [9.17, 15) is 9.90 Å². The molecule has 0 saturated heterocycles. The number of furan rings is 1. The van der Waals surface area contributed by atoms with Crippen molar-refractivity contribution in [3.8, 4) is 10.8 Å². The van der Waals surface area contributed by atoms with Gasteiger partial charge in [0.1, 0.15) is 10.6 Å². The fourth-order valence-electron chi connectivity index (χ4n) is 2.11. The van der Waals surface area contributed by atoms with E-state index in [2.05, 4.69) is 15.3 Å². The minimum Gasteiger partial charge on any atom is -0.459 e. The summed E-state index contributed by atoms with van der Waals surface area (Å²) in [5.41, 5.74) is 1.73. The molecule has 0 saturated carbocycles. The zero-order valence-electron chi connectivity index (χ0n) is 12.7. The Kier molecular flexibility index (Phi) is 4.22. The molecule has 3 aromatic heterocycles. The number of carbonyl (C=O) groups is 1. The molecule has 6 nitrogen and oxygen atoms in total. The van der Waals surface area contributed by atoms with Gasteiger partial charge in [0.25, 0.3) is 5.91 Å². The van der Waals surface area contributed by atoms with Crippen LogP contribution in [0.15, 0.2) is 35.0 Å². The van der Waals surface area contributed by atoms with Gasteiger partial charge in [0.05, 0.1) is 24.2 Å². The second-order valence-electron chi connectivity index (χ2n) is 4.99. The molecule has 7 heteroatoms. The molecule has 118 valence electrons. The van der Waals surface area contributed by atoms with Gasteiger partial charge >= 0.3 is 0 Å². The van der Waals surface area contributed by atoms with Gasteiger partial charge in [-0.25, -0.2) is 4.98 Å². The number of nitrogens with zero attached hydrogens (tertiary/aromatic N) is 2. The van der Waals surface area contributed by atoms with Crippen LogP contribution in [0.2, 0.25) is 0 Å². The second-order valence-corrected chi connectivity index (χ2v) is 5.99. The molecule has 0 atom stereocenters. The molecule has 0 spiro atoms. The Labute approximate surface area is 136 Å². The number of aliphatic hydroxyl groups is 1. The van der Waals surface area contributed by atoms with E-state index in [1.165, 1.54) is 17.5 Å². The van der Waals surface area contributed by atoms with Crippen molar-refractivity contribution in [2.75, 3.05) is 5.32 Å². The number of aryl methyl sites for hydroxylation is 2. The fraction of sp³-hybridized carbons (Fsp3) is 0.188. The number of nitrogens with one attached hydrogen (secondary N) is 1. The van der Waals surface area contributed by atoms with Crippen molar-refractivity contribution in [2.45, 2.75) is 20.5 Å². The van der Waals surface area contributed by atoms with E-state index in [0.29, 0.717) is 32.6 Å². The molecule has 0 aromatic carbocycles. The van der Waals surface area contributed by atoms with E-state index in [1.807, 2.05) is 19.1 Å². The first-order valence-electron chi connectivity index (χ1n) is 6.98. The lowest BCUT2D eigenvalue weighted by Crippen LogP contribution is -2.13. The number of hydrogen-bond donors (Lipinski definition) is 2. The highest BCUT2D eigenvalue weighted by Crippen LogP contribution is 2.30. The van der Waals surface area contributed by atoms with Gasteiger partial charge in [-0.1, -0.05) is 0 Å². The van der Waals surface area contributed by atoms with E-state index in [0.717, 1.165) is 5.76 Å². The van der Waals surface area contributed by atoms with Crippen molar-refractivity contribution in [3.63, 3.8) is 0 Å². The molecular formula is C16H15N3O3S. The van der Waals surface area contributed by atoms with Crippen LogP contribution >= 0.6 is 11.3 Å². The summed E-state index contributed by atoms with van der Waals surface area (Å²) in [6.07, 6.45) is 3.08. The summed E-state index contributed by atoms with van der Waals surface area (Å²) in [7, 11) is 0. The topological polar surface area (TPSA) is 88.2 Å². The van der Waals surface area contributed by atoms with Gasteiger partial charge in [0.2, 0.25) is 0 Å². The van der Waals surface area contributed by atoms with Gasteiger partial charge < -0.3 is 14.8 Å². The van der Waals surface area contributed by atoms with E-state index in [-0.39, 0.29) is 12.5 Å².